The first kappa shape index (κ1) is 24.6. The van der Waals surface area contributed by atoms with Gasteiger partial charge in [0.15, 0.2) is 6.10 Å². The Balaban J connectivity index is 1.27. The molecule has 3 amide bonds. The van der Waals surface area contributed by atoms with E-state index in [4.69, 9.17) is 4.74 Å². The van der Waals surface area contributed by atoms with Crippen LogP contribution in [0.4, 0.5) is 14.6 Å². The Hall–Kier alpha value is -4.07. The van der Waals surface area contributed by atoms with E-state index in [2.05, 4.69) is 15.6 Å². The number of likely N-dealkylation sites (tertiary alicyclic amines) is 1. The number of pyridine rings is 1. The summed E-state index contributed by atoms with van der Waals surface area (Å²) < 4.78 is 35.6. The third-order valence-corrected chi connectivity index (χ3v) is 6.80. The molecule has 2 aromatic rings. The van der Waals surface area contributed by atoms with Crippen molar-refractivity contribution >= 4 is 23.5 Å². The SMILES string of the molecule is N#Cc1cc(-c2ccnc(NC(=O)C3CC3)c2)ccc1OC1CCN(C(=O)C2CCC(=O)N2)CC1(F)F. The summed E-state index contributed by atoms with van der Waals surface area (Å²) in [4.78, 5) is 41.2. The molecule has 3 aliphatic rings. The van der Waals surface area contributed by atoms with Crippen LogP contribution in [0.25, 0.3) is 11.1 Å². The van der Waals surface area contributed by atoms with E-state index < -0.39 is 30.5 Å². The molecule has 1 saturated carbocycles. The molecule has 5 rings (SSSR count). The summed E-state index contributed by atoms with van der Waals surface area (Å²) in [7, 11) is 0. The molecule has 9 nitrogen and oxygen atoms in total. The average molecular weight is 510 g/mol. The summed E-state index contributed by atoms with van der Waals surface area (Å²) in [6.45, 7) is -0.771. The molecule has 3 fully saturated rings. The van der Waals surface area contributed by atoms with Crippen molar-refractivity contribution in [3.05, 3.63) is 42.1 Å². The Morgan fingerprint density at radius 2 is 1.95 bits per heavy atom. The van der Waals surface area contributed by atoms with E-state index in [-0.39, 0.29) is 48.4 Å². The molecule has 2 atom stereocenters. The Kier molecular flexibility index (Phi) is 6.50. The van der Waals surface area contributed by atoms with Gasteiger partial charge >= 0.3 is 5.92 Å². The molecule has 0 spiro atoms. The average Bonchev–Trinajstić information content (AvgIpc) is 3.65. The number of benzene rings is 1. The summed E-state index contributed by atoms with van der Waals surface area (Å²) in [5.74, 6) is -3.76. The summed E-state index contributed by atoms with van der Waals surface area (Å²) in [5, 5.41) is 15.0. The van der Waals surface area contributed by atoms with Crippen LogP contribution in [0.15, 0.2) is 36.5 Å². The maximum absolute atomic E-state index is 15.0. The lowest BCUT2D eigenvalue weighted by Crippen LogP contribution is -2.58. The minimum absolute atomic E-state index is 0.0232. The van der Waals surface area contributed by atoms with Crippen LogP contribution in [-0.2, 0) is 14.4 Å². The van der Waals surface area contributed by atoms with Crippen molar-refractivity contribution < 1.29 is 27.9 Å². The number of ether oxygens (including phenoxy) is 1. The number of nitrogens with one attached hydrogen (secondary N) is 2. The first-order valence-electron chi connectivity index (χ1n) is 12.2. The summed E-state index contributed by atoms with van der Waals surface area (Å²) in [6.07, 6.45) is 2.13. The number of hydrogen-bond acceptors (Lipinski definition) is 6. The predicted octanol–water partition coefficient (Wildman–Crippen LogP) is 2.86. The molecule has 1 aromatic heterocycles. The molecule has 37 heavy (non-hydrogen) atoms. The highest BCUT2D eigenvalue weighted by Gasteiger charge is 2.49. The van der Waals surface area contributed by atoms with Gasteiger partial charge in [0.2, 0.25) is 17.7 Å². The van der Waals surface area contributed by atoms with Gasteiger partial charge < -0.3 is 20.3 Å². The van der Waals surface area contributed by atoms with E-state index in [1.807, 2.05) is 6.07 Å². The van der Waals surface area contributed by atoms with Crippen molar-refractivity contribution in [3.8, 4) is 22.9 Å². The number of alkyl halides is 2. The number of rotatable bonds is 6. The summed E-state index contributed by atoms with van der Waals surface area (Å²) in [6, 6.07) is 9.30. The quantitative estimate of drug-likeness (QED) is 0.617. The standard InChI is InChI=1S/C26H25F2N5O4/c27-26(28)14-33(25(36)19-4-6-23(34)31-19)10-8-21(26)37-20-5-3-16(11-18(20)13-29)17-7-9-30-22(12-17)32-24(35)15-1-2-15/h3,5,7,9,11-12,15,19,21H,1-2,4,6,8,10,14H2,(H,31,34)(H,30,32,35). The number of carbonyl (C=O) groups is 3. The highest BCUT2D eigenvalue weighted by molar-refractivity contribution is 5.93. The van der Waals surface area contributed by atoms with Crippen molar-refractivity contribution in [1.29, 1.82) is 5.26 Å². The molecule has 3 heterocycles. The Morgan fingerprint density at radius 3 is 2.62 bits per heavy atom. The molecule has 1 aliphatic carbocycles. The zero-order chi connectivity index (χ0) is 26.2. The van der Waals surface area contributed by atoms with Gasteiger partial charge in [-0.3, -0.25) is 14.4 Å². The third-order valence-electron chi connectivity index (χ3n) is 6.80. The lowest BCUT2D eigenvalue weighted by atomic mass is 10.0. The summed E-state index contributed by atoms with van der Waals surface area (Å²) in [5.41, 5.74) is 1.42. The van der Waals surface area contributed by atoms with Gasteiger partial charge in [-0.2, -0.15) is 5.26 Å². The van der Waals surface area contributed by atoms with E-state index in [0.29, 0.717) is 23.4 Å². The Morgan fingerprint density at radius 1 is 1.16 bits per heavy atom. The molecule has 11 heteroatoms. The number of amides is 3. The highest BCUT2D eigenvalue weighted by atomic mass is 19.3. The maximum atomic E-state index is 15.0. The number of nitriles is 1. The van der Waals surface area contributed by atoms with Crippen LogP contribution in [0, 0.1) is 17.2 Å². The van der Waals surface area contributed by atoms with Crippen LogP contribution < -0.4 is 15.4 Å². The van der Waals surface area contributed by atoms with Gasteiger partial charge in [-0.15, -0.1) is 0 Å². The van der Waals surface area contributed by atoms with Crippen molar-refractivity contribution in [1.82, 2.24) is 15.2 Å². The fourth-order valence-electron chi connectivity index (χ4n) is 4.58. The summed E-state index contributed by atoms with van der Waals surface area (Å²) >= 11 is 0. The second kappa shape index (κ2) is 9.76. The van der Waals surface area contributed by atoms with Crippen LogP contribution in [0.2, 0.25) is 0 Å². The zero-order valence-electron chi connectivity index (χ0n) is 19.9. The van der Waals surface area contributed by atoms with Crippen LogP contribution in [-0.4, -0.2) is 58.8 Å². The van der Waals surface area contributed by atoms with E-state index in [0.717, 1.165) is 17.7 Å². The Bertz CT molecular complexity index is 1290. The van der Waals surface area contributed by atoms with Crippen molar-refractivity contribution in [3.63, 3.8) is 0 Å². The predicted molar refractivity (Wildman–Crippen MR) is 127 cm³/mol. The van der Waals surface area contributed by atoms with Crippen LogP contribution >= 0.6 is 0 Å². The van der Waals surface area contributed by atoms with Gasteiger partial charge in [0.1, 0.15) is 23.7 Å². The monoisotopic (exact) mass is 509 g/mol. The van der Waals surface area contributed by atoms with Crippen molar-refractivity contribution in [2.75, 3.05) is 18.4 Å². The largest absolute Gasteiger partial charge is 0.483 e. The second-order valence-corrected chi connectivity index (χ2v) is 9.59. The van der Waals surface area contributed by atoms with Crippen molar-refractivity contribution in [2.45, 2.75) is 50.2 Å². The molecule has 2 saturated heterocycles. The smallest absolute Gasteiger partial charge is 0.301 e. The van der Waals surface area contributed by atoms with Gasteiger partial charge in [0, 0.05) is 31.5 Å². The first-order valence-corrected chi connectivity index (χ1v) is 12.2. The molecular formula is C26H25F2N5O4. The van der Waals surface area contributed by atoms with Gasteiger partial charge in [0.05, 0.1) is 12.1 Å². The first-order chi connectivity index (χ1) is 17.7. The lowest BCUT2D eigenvalue weighted by molar-refractivity contribution is -0.161. The minimum atomic E-state index is -3.35. The van der Waals surface area contributed by atoms with E-state index in [1.54, 1.807) is 24.4 Å². The number of nitrogens with zero attached hydrogens (tertiary/aromatic N) is 3. The van der Waals surface area contributed by atoms with Gasteiger partial charge in [0.25, 0.3) is 0 Å². The van der Waals surface area contributed by atoms with E-state index in [9.17, 15) is 28.4 Å². The molecular weight excluding hydrogens is 484 g/mol. The number of carbonyl (C=O) groups excluding carboxylic acids is 3. The lowest BCUT2D eigenvalue weighted by Gasteiger charge is -2.39. The van der Waals surface area contributed by atoms with Gasteiger partial charge in [-0.05, 0) is 54.7 Å². The fraction of sp³-hybridized carbons (Fsp3) is 0.423. The molecule has 2 unspecified atom stereocenters. The molecule has 192 valence electrons. The third kappa shape index (κ3) is 5.38. The van der Waals surface area contributed by atoms with Gasteiger partial charge in [-0.25, -0.2) is 13.8 Å². The molecule has 0 radical (unpaired) electrons. The van der Waals surface area contributed by atoms with Gasteiger partial charge in [-0.1, -0.05) is 6.07 Å². The second-order valence-electron chi connectivity index (χ2n) is 9.59. The molecule has 0 bridgehead atoms. The topological polar surface area (TPSA) is 124 Å². The van der Waals surface area contributed by atoms with Crippen molar-refractivity contribution in [2.24, 2.45) is 5.92 Å². The highest BCUT2D eigenvalue weighted by Crippen LogP contribution is 2.35. The van der Waals surface area contributed by atoms with E-state index >= 15 is 0 Å². The number of aromatic nitrogens is 1. The fourth-order valence-corrected chi connectivity index (χ4v) is 4.58. The van der Waals surface area contributed by atoms with E-state index in [1.165, 1.54) is 12.1 Å². The maximum Gasteiger partial charge on any atom is 0.301 e. The number of hydrogen-bond donors (Lipinski definition) is 2. The molecule has 1 aromatic carbocycles. The normalized spacial score (nSPS) is 22.6. The van der Waals surface area contributed by atoms with Crippen LogP contribution in [0.5, 0.6) is 5.75 Å². The molecule has 2 aliphatic heterocycles. The number of halogens is 2. The number of anilines is 1. The van der Waals surface area contributed by atoms with Crippen LogP contribution in [0.1, 0.15) is 37.7 Å². The zero-order valence-corrected chi connectivity index (χ0v) is 19.9. The van der Waals surface area contributed by atoms with Crippen LogP contribution in [0.3, 0.4) is 0 Å². The minimum Gasteiger partial charge on any atom is -0.483 e. The molecule has 2 N–H and O–H groups in total. The number of piperidine rings is 1. The Labute approximate surface area is 211 Å².